The van der Waals surface area contributed by atoms with Gasteiger partial charge in [0.05, 0.1) is 12.6 Å². The maximum absolute atomic E-state index is 5.28. The first kappa shape index (κ1) is 14.6. The second kappa shape index (κ2) is 6.27. The molecule has 1 aromatic carbocycles. The number of anilines is 2. The van der Waals surface area contributed by atoms with E-state index in [1.165, 1.54) is 0 Å². The molecule has 0 spiro atoms. The van der Waals surface area contributed by atoms with Gasteiger partial charge >= 0.3 is 0 Å². The maximum atomic E-state index is 5.28. The van der Waals surface area contributed by atoms with E-state index in [4.69, 9.17) is 4.74 Å². The molecule has 7 nitrogen and oxygen atoms in total. The fourth-order valence-corrected chi connectivity index (χ4v) is 2.97. The fourth-order valence-electron chi connectivity index (χ4n) is 2.97. The molecule has 0 N–H and O–H groups in total. The molecule has 0 unspecified atom stereocenters. The molecule has 0 bridgehead atoms. The zero-order chi connectivity index (χ0) is 16.4. The lowest BCUT2D eigenvalue weighted by Crippen LogP contribution is -2.47. The van der Waals surface area contributed by atoms with Gasteiger partial charge in [0, 0.05) is 50.0 Å². The van der Waals surface area contributed by atoms with Crippen molar-refractivity contribution < 1.29 is 4.74 Å². The van der Waals surface area contributed by atoms with Crippen molar-refractivity contribution in [2.45, 2.75) is 0 Å². The van der Waals surface area contributed by atoms with Crippen LogP contribution in [0.4, 0.5) is 11.8 Å². The van der Waals surface area contributed by atoms with E-state index in [-0.39, 0.29) is 0 Å². The van der Waals surface area contributed by atoms with Crippen molar-refractivity contribution in [2.75, 3.05) is 43.1 Å². The normalized spacial score (nSPS) is 14.9. The Morgan fingerprint density at radius 1 is 0.917 bits per heavy atom. The number of hydrogen-bond acceptors (Lipinski definition) is 7. The minimum atomic E-state index is 0.787. The Morgan fingerprint density at radius 2 is 1.67 bits per heavy atom. The first-order valence-corrected chi connectivity index (χ1v) is 7.91. The van der Waals surface area contributed by atoms with Crippen LogP contribution in [0.5, 0.6) is 5.75 Å². The highest BCUT2D eigenvalue weighted by molar-refractivity contribution is 5.90. The average molecular weight is 322 g/mol. The van der Waals surface area contributed by atoms with Crippen LogP contribution in [0.3, 0.4) is 0 Å². The van der Waals surface area contributed by atoms with Gasteiger partial charge < -0.3 is 14.5 Å². The van der Waals surface area contributed by atoms with E-state index in [2.05, 4.69) is 29.7 Å². The summed E-state index contributed by atoms with van der Waals surface area (Å²) in [6, 6.07) is 7.75. The molecule has 0 radical (unpaired) electrons. The number of ether oxygens (including phenoxy) is 1. The van der Waals surface area contributed by atoms with Crippen LogP contribution in [0.1, 0.15) is 0 Å². The van der Waals surface area contributed by atoms with Crippen LogP contribution in [-0.4, -0.2) is 53.2 Å². The molecule has 1 aliphatic heterocycles. The molecule has 1 fully saturated rings. The number of benzene rings is 1. The zero-order valence-corrected chi connectivity index (χ0v) is 13.5. The quantitative estimate of drug-likeness (QED) is 0.728. The van der Waals surface area contributed by atoms with Crippen molar-refractivity contribution in [3.63, 3.8) is 0 Å². The van der Waals surface area contributed by atoms with Crippen molar-refractivity contribution >= 4 is 22.7 Å². The summed E-state index contributed by atoms with van der Waals surface area (Å²) in [5.74, 6) is 2.56. The third-order valence-electron chi connectivity index (χ3n) is 4.24. The summed E-state index contributed by atoms with van der Waals surface area (Å²) < 4.78 is 5.28. The Morgan fingerprint density at radius 3 is 2.42 bits per heavy atom. The molecule has 3 heterocycles. The molecule has 1 saturated heterocycles. The van der Waals surface area contributed by atoms with E-state index in [0.717, 1.165) is 54.6 Å². The van der Waals surface area contributed by atoms with Gasteiger partial charge in [0.15, 0.2) is 0 Å². The molecule has 2 aromatic heterocycles. The summed E-state index contributed by atoms with van der Waals surface area (Å²) in [6.07, 6.45) is 5.17. The highest BCUT2D eigenvalue weighted by atomic mass is 16.5. The Hall–Kier alpha value is -2.96. The van der Waals surface area contributed by atoms with Crippen LogP contribution in [0.25, 0.3) is 10.9 Å². The van der Waals surface area contributed by atoms with Crippen molar-refractivity contribution in [3.05, 3.63) is 43.0 Å². The predicted molar refractivity (Wildman–Crippen MR) is 92.5 cm³/mol. The summed E-state index contributed by atoms with van der Waals surface area (Å²) in [5, 5.41) is 1.04. The fraction of sp³-hybridized carbons (Fsp3) is 0.294. The van der Waals surface area contributed by atoms with E-state index in [0.29, 0.717) is 0 Å². The highest BCUT2D eigenvalue weighted by Gasteiger charge is 2.21. The van der Waals surface area contributed by atoms with Gasteiger partial charge in [-0.3, -0.25) is 0 Å². The topological polar surface area (TPSA) is 67.3 Å². The standard InChI is InChI=1S/C17H18N6O/c1-24-13-3-4-14-15(11-13)20-12-21-16(14)22-7-9-23(10-8-22)17-18-5-2-6-19-17/h2-6,11-12H,7-10H2,1H3. The molecule has 0 aliphatic carbocycles. The number of rotatable bonds is 3. The van der Waals surface area contributed by atoms with E-state index >= 15 is 0 Å². The van der Waals surface area contributed by atoms with Crippen molar-refractivity contribution in [2.24, 2.45) is 0 Å². The third-order valence-corrected chi connectivity index (χ3v) is 4.24. The van der Waals surface area contributed by atoms with Crippen molar-refractivity contribution in [1.82, 2.24) is 19.9 Å². The minimum Gasteiger partial charge on any atom is -0.497 e. The van der Waals surface area contributed by atoms with Crippen molar-refractivity contribution in [1.29, 1.82) is 0 Å². The monoisotopic (exact) mass is 322 g/mol. The predicted octanol–water partition coefficient (Wildman–Crippen LogP) is 1.75. The van der Waals surface area contributed by atoms with E-state index in [9.17, 15) is 0 Å². The zero-order valence-electron chi connectivity index (χ0n) is 13.5. The Balaban J connectivity index is 1.56. The first-order chi connectivity index (χ1) is 11.8. The van der Waals surface area contributed by atoms with Crippen LogP contribution in [0, 0.1) is 0 Å². The number of methoxy groups -OCH3 is 1. The molecule has 0 saturated carbocycles. The smallest absolute Gasteiger partial charge is 0.225 e. The van der Waals surface area contributed by atoms with E-state index in [1.807, 2.05) is 24.3 Å². The second-order valence-electron chi connectivity index (χ2n) is 5.60. The van der Waals surface area contributed by atoms with Gasteiger partial charge in [-0.25, -0.2) is 19.9 Å². The van der Waals surface area contributed by atoms with Crippen LogP contribution in [0.2, 0.25) is 0 Å². The van der Waals surface area contributed by atoms with Gasteiger partial charge in [0.2, 0.25) is 5.95 Å². The van der Waals surface area contributed by atoms with Gasteiger partial charge in [0.25, 0.3) is 0 Å². The van der Waals surface area contributed by atoms with Gasteiger partial charge in [-0.15, -0.1) is 0 Å². The largest absolute Gasteiger partial charge is 0.497 e. The molecule has 0 atom stereocenters. The van der Waals surface area contributed by atoms with Crippen LogP contribution >= 0.6 is 0 Å². The summed E-state index contributed by atoms with van der Waals surface area (Å²) in [4.78, 5) is 22.0. The van der Waals surface area contributed by atoms with Crippen LogP contribution in [0.15, 0.2) is 43.0 Å². The molecule has 0 amide bonds. The Kier molecular flexibility index (Phi) is 3.82. The number of piperazine rings is 1. The molecule has 122 valence electrons. The van der Waals surface area contributed by atoms with Gasteiger partial charge in [-0.2, -0.15) is 0 Å². The third kappa shape index (κ3) is 2.68. The first-order valence-electron chi connectivity index (χ1n) is 7.91. The lowest BCUT2D eigenvalue weighted by molar-refractivity contribution is 0.415. The Bertz CT molecular complexity index is 833. The van der Waals surface area contributed by atoms with E-state index in [1.54, 1.807) is 25.8 Å². The van der Waals surface area contributed by atoms with Crippen LogP contribution in [-0.2, 0) is 0 Å². The molecule has 24 heavy (non-hydrogen) atoms. The molecule has 3 aromatic rings. The SMILES string of the molecule is COc1ccc2c(N3CCN(c4ncccn4)CC3)ncnc2c1. The van der Waals surface area contributed by atoms with Gasteiger partial charge in [-0.1, -0.05) is 0 Å². The lowest BCUT2D eigenvalue weighted by atomic mass is 10.2. The summed E-state index contributed by atoms with van der Waals surface area (Å²) in [5.41, 5.74) is 0.896. The van der Waals surface area contributed by atoms with E-state index < -0.39 is 0 Å². The minimum absolute atomic E-state index is 0.787. The number of fused-ring (bicyclic) bond motifs is 1. The molecular formula is C17H18N6O. The van der Waals surface area contributed by atoms with Gasteiger partial charge in [-0.05, 0) is 18.2 Å². The summed E-state index contributed by atoms with van der Waals surface area (Å²) in [7, 11) is 1.66. The number of nitrogens with zero attached hydrogens (tertiary/aromatic N) is 6. The summed E-state index contributed by atoms with van der Waals surface area (Å²) >= 11 is 0. The lowest BCUT2D eigenvalue weighted by Gasteiger charge is -2.35. The number of hydrogen-bond donors (Lipinski definition) is 0. The maximum Gasteiger partial charge on any atom is 0.225 e. The average Bonchev–Trinajstić information content (AvgIpc) is 2.68. The Labute approximate surface area is 140 Å². The van der Waals surface area contributed by atoms with Crippen molar-refractivity contribution in [3.8, 4) is 5.75 Å². The van der Waals surface area contributed by atoms with Gasteiger partial charge in [0.1, 0.15) is 17.9 Å². The summed E-state index contributed by atoms with van der Waals surface area (Å²) in [6.45, 7) is 3.48. The van der Waals surface area contributed by atoms with Crippen LogP contribution < -0.4 is 14.5 Å². The second-order valence-corrected chi connectivity index (χ2v) is 5.60. The molecular weight excluding hydrogens is 304 g/mol. The number of aromatic nitrogens is 4. The molecule has 7 heteroatoms. The highest BCUT2D eigenvalue weighted by Crippen LogP contribution is 2.27. The molecule has 1 aliphatic rings. The molecule has 4 rings (SSSR count).